The van der Waals surface area contributed by atoms with E-state index >= 15 is 0 Å². The molecule has 0 aromatic heterocycles. The van der Waals surface area contributed by atoms with Crippen LogP contribution in [0.1, 0.15) is 105 Å². The van der Waals surface area contributed by atoms with Crippen LogP contribution < -0.4 is 0 Å². The number of carbonyl (C=O) groups excluding carboxylic acids is 2. The van der Waals surface area contributed by atoms with Crippen LogP contribution in [-0.2, 0) is 19.1 Å². The molecule has 0 N–H and O–H groups in total. The van der Waals surface area contributed by atoms with Gasteiger partial charge in [0.2, 0.25) is 6.10 Å². The average Bonchev–Trinajstić information content (AvgIpc) is 2.57. The number of unbranched alkanes of at least 4 members (excludes halogenated alkanes) is 10. The van der Waals surface area contributed by atoms with E-state index in [9.17, 15) is 9.59 Å². The van der Waals surface area contributed by atoms with E-state index in [1.54, 1.807) is 6.92 Å². The van der Waals surface area contributed by atoms with Crippen molar-refractivity contribution >= 4 is 11.9 Å². The standard InChI is InChI=1S/C21H40O4/c1-5-7-8-9-10-11-12-13-14-15-16-17-19(22)25-20(18(3)4)21(23)24-6-2/h18,20H,5-17H2,1-4H3. The van der Waals surface area contributed by atoms with Crippen LogP contribution in [0.15, 0.2) is 0 Å². The highest BCUT2D eigenvalue weighted by atomic mass is 16.6. The second-order valence-electron chi connectivity index (χ2n) is 7.19. The van der Waals surface area contributed by atoms with E-state index in [-0.39, 0.29) is 11.9 Å². The highest BCUT2D eigenvalue weighted by Gasteiger charge is 2.27. The van der Waals surface area contributed by atoms with E-state index in [2.05, 4.69) is 6.92 Å². The van der Waals surface area contributed by atoms with Crippen LogP contribution in [0.5, 0.6) is 0 Å². The first-order valence-electron chi connectivity index (χ1n) is 10.4. The minimum absolute atomic E-state index is 0.0691. The van der Waals surface area contributed by atoms with Gasteiger partial charge >= 0.3 is 11.9 Å². The van der Waals surface area contributed by atoms with Gasteiger partial charge in [0.05, 0.1) is 6.61 Å². The van der Waals surface area contributed by atoms with Crippen molar-refractivity contribution in [2.45, 2.75) is 111 Å². The average molecular weight is 357 g/mol. The van der Waals surface area contributed by atoms with Gasteiger partial charge in [0, 0.05) is 12.3 Å². The van der Waals surface area contributed by atoms with Crippen molar-refractivity contribution in [2.75, 3.05) is 6.61 Å². The Labute approximate surface area is 155 Å². The molecule has 1 atom stereocenters. The molecule has 0 spiro atoms. The van der Waals surface area contributed by atoms with Gasteiger partial charge in [-0.05, 0) is 13.3 Å². The molecule has 0 saturated heterocycles. The Hall–Kier alpha value is -1.06. The predicted octanol–water partition coefficient (Wildman–Crippen LogP) is 5.82. The maximum absolute atomic E-state index is 11.9. The summed E-state index contributed by atoms with van der Waals surface area (Å²) in [6.07, 6.45) is 13.3. The summed E-state index contributed by atoms with van der Waals surface area (Å²) >= 11 is 0. The lowest BCUT2D eigenvalue weighted by molar-refractivity contribution is -0.170. The molecule has 1 unspecified atom stereocenters. The van der Waals surface area contributed by atoms with Crippen LogP contribution in [0.2, 0.25) is 0 Å². The van der Waals surface area contributed by atoms with Gasteiger partial charge in [-0.2, -0.15) is 0 Å². The summed E-state index contributed by atoms with van der Waals surface area (Å²) in [5.74, 6) is -0.798. The molecule has 0 bridgehead atoms. The Morgan fingerprint density at radius 1 is 0.760 bits per heavy atom. The summed E-state index contributed by atoms with van der Waals surface area (Å²) in [5.41, 5.74) is 0. The number of ether oxygens (including phenoxy) is 2. The maximum Gasteiger partial charge on any atom is 0.347 e. The van der Waals surface area contributed by atoms with Gasteiger partial charge in [0.25, 0.3) is 0 Å². The van der Waals surface area contributed by atoms with E-state index in [1.807, 2.05) is 13.8 Å². The Kier molecular flexibility index (Phi) is 15.7. The minimum atomic E-state index is -0.778. The van der Waals surface area contributed by atoms with E-state index in [1.165, 1.54) is 57.8 Å². The van der Waals surface area contributed by atoms with Crippen LogP contribution in [0.25, 0.3) is 0 Å². The molecule has 0 amide bonds. The molecule has 0 saturated carbocycles. The lowest BCUT2D eigenvalue weighted by Gasteiger charge is -2.19. The first-order valence-corrected chi connectivity index (χ1v) is 10.4. The van der Waals surface area contributed by atoms with Crippen molar-refractivity contribution in [2.24, 2.45) is 5.92 Å². The second-order valence-corrected chi connectivity index (χ2v) is 7.19. The van der Waals surface area contributed by atoms with Gasteiger partial charge < -0.3 is 9.47 Å². The van der Waals surface area contributed by atoms with Gasteiger partial charge in [-0.1, -0.05) is 85.0 Å². The van der Waals surface area contributed by atoms with Crippen LogP contribution in [0.4, 0.5) is 0 Å². The smallest absolute Gasteiger partial charge is 0.347 e. The van der Waals surface area contributed by atoms with Gasteiger partial charge in [-0.25, -0.2) is 4.79 Å². The van der Waals surface area contributed by atoms with Gasteiger partial charge in [-0.3, -0.25) is 4.79 Å². The van der Waals surface area contributed by atoms with Crippen molar-refractivity contribution in [1.82, 2.24) is 0 Å². The van der Waals surface area contributed by atoms with Crippen LogP contribution in [-0.4, -0.2) is 24.6 Å². The van der Waals surface area contributed by atoms with Crippen molar-refractivity contribution in [1.29, 1.82) is 0 Å². The monoisotopic (exact) mass is 356 g/mol. The zero-order valence-electron chi connectivity index (χ0n) is 17.0. The van der Waals surface area contributed by atoms with Gasteiger partial charge in [0.1, 0.15) is 0 Å². The van der Waals surface area contributed by atoms with Gasteiger partial charge in [0.15, 0.2) is 0 Å². The molecule has 0 aromatic rings. The van der Waals surface area contributed by atoms with E-state index < -0.39 is 12.1 Å². The summed E-state index contributed by atoms with van der Waals surface area (Å²) in [5, 5.41) is 0. The number of hydrogen-bond donors (Lipinski definition) is 0. The first-order chi connectivity index (χ1) is 12.0. The SMILES string of the molecule is CCCCCCCCCCCCCC(=O)OC(C(=O)OCC)C(C)C. The fraction of sp³-hybridized carbons (Fsp3) is 0.905. The predicted molar refractivity (Wildman–Crippen MR) is 102 cm³/mol. The third-order valence-electron chi connectivity index (χ3n) is 4.37. The molecule has 4 heteroatoms. The zero-order valence-corrected chi connectivity index (χ0v) is 17.0. The molecule has 0 aliphatic carbocycles. The van der Waals surface area contributed by atoms with Crippen molar-refractivity contribution in [3.8, 4) is 0 Å². The highest BCUT2D eigenvalue weighted by Crippen LogP contribution is 2.14. The fourth-order valence-electron chi connectivity index (χ4n) is 2.81. The molecule has 148 valence electrons. The van der Waals surface area contributed by atoms with Crippen molar-refractivity contribution < 1.29 is 19.1 Å². The largest absolute Gasteiger partial charge is 0.463 e. The maximum atomic E-state index is 11.9. The second kappa shape index (κ2) is 16.4. The zero-order chi connectivity index (χ0) is 18.9. The molecule has 0 fully saturated rings. The molecule has 25 heavy (non-hydrogen) atoms. The Balaban J connectivity index is 3.64. The molecule has 4 nitrogen and oxygen atoms in total. The summed E-state index contributed by atoms with van der Waals surface area (Å²) in [6, 6.07) is 0. The van der Waals surface area contributed by atoms with Crippen LogP contribution >= 0.6 is 0 Å². The fourth-order valence-corrected chi connectivity index (χ4v) is 2.81. The minimum Gasteiger partial charge on any atom is -0.463 e. The first kappa shape index (κ1) is 23.9. The Bertz CT molecular complexity index is 339. The molecular weight excluding hydrogens is 316 g/mol. The lowest BCUT2D eigenvalue weighted by atomic mass is 10.1. The normalized spacial score (nSPS) is 12.2. The van der Waals surface area contributed by atoms with Crippen LogP contribution in [0.3, 0.4) is 0 Å². The molecule has 0 aliphatic heterocycles. The van der Waals surface area contributed by atoms with E-state index in [4.69, 9.17) is 9.47 Å². The van der Waals surface area contributed by atoms with Crippen molar-refractivity contribution in [3.63, 3.8) is 0 Å². The third kappa shape index (κ3) is 13.9. The summed E-state index contributed by atoms with van der Waals surface area (Å²) < 4.78 is 10.3. The third-order valence-corrected chi connectivity index (χ3v) is 4.37. The molecule has 0 aromatic carbocycles. The Morgan fingerprint density at radius 2 is 1.24 bits per heavy atom. The van der Waals surface area contributed by atoms with Crippen molar-refractivity contribution in [3.05, 3.63) is 0 Å². The molecule has 0 heterocycles. The lowest BCUT2D eigenvalue weighted by Crippen LogP contribution is -2.33. The summed E-state index contributed by atoms with van der Waals surface area (Å²) in [4.78, 5) is 23.7. The van der Waals surface area contributed by atoms with Crippen LogP contribution in [0, 0.1) is 5.92 Å². The quantitative estimate of drug-likeness (QED) is 0.258. The summed E-state index contributed by atoms with van der Waals surface area (Å²) in [6.45, 7) is 8.02. The number of rotatable bonds is 16. The Morgan fingerprint density at radius 3 is 1.68 bits per heavy atom. The van der Waals surface area contributed by atoms with E-state index in [0.717, 1.165) is 12.8 Å². The summed E-state index contributed by atoms with van der Waals surface area (Å²) in [7, 11) is 0. The molecule has 0 rings (SSSR count). The number of esters is 2. The molecule has 0 radical (unpaired) electrons. The van der Waals surface area contributed by atoms with Gasteiger partial charge in [-0.15, -0.1) is 0 Å². The molecule has 0 aliphatic rings. The van der Waals surface area contributed by atoms with E-state index in [0.29, 0.717) is 13.0 Å². The molecular formula is C21H40O4. The highest BCUT2D eigenvalue weighted by molar-refractivity contribution is 5.79. The number of carbonyl (C=O) groups is 2. The topological polar surface area (TPSA) is 52.6 Å². The number of hydrogen-bond acceptors (Lipinski definition) is 4.